The molecule has 1 aromatic rings. The predicted molar refractivity (Wildman–Crippen MR) is 78.5 cm³/mol. The maximum Gasteiger partial charge on any atom is 0.184 e. The molecule has 0 spiro atoms. The first kappa shape index (κ1) is 12.7. The number of fused-ring (bicyclic) bond motifs is 2. The van der Waals surface area contributed by atoms with Gasteiger partial charge < -0.3 is 5.21 Å². The molecule has 0 bridgehead atoms. The summed E-state index contributed by atoms with van der Waals surface area (Å²) in [5.74, 6) is 0. The second-order valence-electron chi connectivity index (χ2n) is 6.00. The van der Waals surface area contributed by atoms with Crippen LogP contribution in [0, 0.1) is 0 Å². The number of para-hydroxylation sites is 2. The highest BCUT2D eigenvalue weighted by atomic mass is 16.5. The van der Waals surface area contributed by atoms with Gasteiger partial charge in [0.2, 0.25) is 0 Å². The highest BCUT2D eigenvalue weighted by molar-refractivity contribution is 5.80. The highest BCUT2D eigenvalue weighted by Crippen LogP contribution is 2.27. The Morgan fingerprint density at radius 3 is 2.55 bits per heavy atom. The zero-order chi connectivity index (χ0) is 14.5. The topological polar surface area (TPSA) is 55.1 Å². The molecule has 0 amide bonds. The van der Waals surface area contributed by atoms with Gasteiger partial charge in [-0.25, -0.2) is 4.98 Å². The molecule has 0 atom stereocenters. The van der Waals surface area contributed by atoms with Crippen molar-refractivity contribution in [3.8, 4) is 11.4 Å². The van der Waals surface area contributed by atoms with Crippen molar-refractivity contribution < 1.29 is 5.21 Å². The normalized spacial score (nSPS) is 12.2. The summed E-state index contributed by atoms with van der Waals surface area (Å²) in [5.41, 5.74) is 2.71. The molecule has 4 nitrogen and oxygen atoms in total. The standard InChI is InChI=1S/C16H16N2O2/c1-16(2,3)10-8-12-14(9-15(10)19)18(20)13-7-5-4-6-11(13)17-12/h4-9,20H,1-3H3. The minimum Gasteiger partial charge on any atom is -0.428 e. The second kappa shape index (κ2) is 4.07. The molecule has 20 heavy (non-hydrogen) atoms. The van der Waals surface area contributed by atoms with Gasteiger partial charge in [-0.05, 0) is 23.6 Å². The minimum absolute atomic E-state index is 0.0788. The molecule has 1 aromatic carbocycles. The first-order valence-electron chi connectivity index (χ1n) is 6.53. The van der Waals surface area contributed by atoms with E-state index < -0.39 is 0 Å². The summed E-state index contributed by atoms with van der Waals surface area (Å²) in [6.45, 7) is 5.97. The van der Waals surface area contributed by atoms with E-state index in [1.807, 2.05) is 39.0 Å². The lowest BCUT2D eigenvalue weighted by Crippen LogP contribution is -2.23. The number of hydrogen-bond acceptors (Lipinski definition) is 3. The van der Waals surface area contributed by atoms with Crippen LogP contribution in [0.5, 0.6) is 0 Å². The van der Waals surface area contributed by atoms with E-state index in [-0.39, 0.29) is 10.8 Å². The third-order valence-electron chi connectivity index (χ3n) is 3.46. The van der Waals surface area contributed by atoms with Crippen LogP contribution in [-0.4, -0.2) is 14.9 Å². The van der Waals surface area contributed by atoms with Gasteiger partial charge in [0.1, 0.15) is 11.2 Å². The number of hydrogen-bond donors (Lipinski definition) is 1. The molecule has 3 rings (SSSR count). The van der Waals surface area contributed by atoms with Gasteiger partial charge in [0, 0.05) is 11.6 Å². The van der Waals surface area contributed by atoms with Crippen LogP contribution in [0.2, 0.25) is 0 Å². The first-order chi connectivity index (χ1) is 9.38. The van der Waals surface area contributed by atoms with E-state index in [4.69, 9.17) is 0 Å². The smallest absolute Gasteiger partial charge is 0.184 e. The van der Waals surface area contributed by atoms with Gasteiger partial charge in [0.05, 0.1) is 11.2 Å². The van der Waals surface area contributed by atoms with Crippen molar-refractivity contribution >= 4 is 11.0 Å². The molecule has 1 N–H and O–H groups in total. The van der Waals surface area contributed by atoms with E-state index in [0.717, 1.165) is 4.73 Å². The van der Waals surface area contributed by atoms with Crippen LogP contribution in [0.3, 0.4) is 0 Å². The quantitative estimate of drug-likeness (QED) is 0.503. The molecule has 0 radical (unpaired) electrons. The van der Waals surface area contributed by atoms with Gasteiger partial charge in [-0.2, -0.15) is 4.73 Å². The van der Waals surface area contributed by atoms with Gasteiger partial charge in [0.15, 0.2) is 5.43 Å². The zero-order valence-corrected chi connectivity index (χ0v) is 11.7. The monoisotopic (exact) mass is 268 g/mol. The molecule has 0 saturated carbocycles. The van der Waals surface area contributed by atoms with Crippen LogP contribution in [0.4, 0.5) is 0 Å². The van der Waals surface area contributed by atoms with E-state index in [9.17, 15) is 10.0 Å². The second-order valence-corrected chi connectivity index (χ2v) is 6.00. The molecule has 0 fully saturated rings. The Morgan fingerprint density at radius 1 is 1.15 bits per heavy atom. The summed E-state index contributed by atoms with van der Waals surface area (Å²) in [6, 6.07) is 10.5. The van der Waals surface area contributed by atoms with Crippen molar-refractivity contribution in [1.82, 2.24) is 9.71 Å². The van der Waals surface area contributed by atoms with Crippen LogP contribution in [-0.2, 0) is 5.41 Å². The molecule has 0 unspecified atom stereocenters. The van der Waals surface area contributed by atoms with Crippen LogP contribution < -0.4 is 5.43 Å². The zero-order valence-electron chi connectivity index (χ0n) is 11.7. The van der Waals surface area contributed by atoms with E-state index >= 15 is 0 Å². The number of nitrogens with zero attached hydrogens (tertiary/aromatic N) is 2. The molecule has 1 heterocycles. The summed E-state index contributed by atoms with van der Waals surface area (Å²) in [7, 11) is 0. The number of benzene rings is 2. The summed E-state index contributed by atoms with van der Waals surface area (Å²) in [4.78, 5) is 16.7. The van der Waals surface area contributed by atoms with E-state index in [2.05, 4.69) is 4.98 Å². The lowest BCUT2D eigenvalue weighted by atomic mass is 9.85. The predicted octanol–water partition coefficient (Wildman–Crippen LogP) is 3.04. The van der Waals surface area contributed by atoms with Gasteiger partial charge in [-0.3, -0.25) is 4.79 Å². The SMILES string of the molecule is CC(C)(C)c1cc2nc3ccccc3n(O)c-2cc1=O. The van der Waals surface area contributed by atoms with Crippen molar-refractivity contribution in [2.45, 2.75) is 26.2 Å². The largest absolute Gasteiger partial charge is 0.428 e. The maximum atomic E-state index is 12.2. The molecule has 0 saturated heterocycles. The van der Waals surface area contributed by atoms with Crippen LogP contribution in [0.15, 0.2) is 41.2 Å². The molecule has 1 aliphatic carbocycles. The maximum absolute atomic E-state index is 12.2. The molecule has 2 aliphatic rings. The van der Waals surface area contributed by atoms with Crippen molar-refractivity contribution in [1.29, 1.82) is 0 Å². The molecule has 1 aliphatic heterocycles. The van der Waals surface area contributed by atoms with Gasteiger partial charge >= 0.3 is 0 Å². The third kappa shape index (κ3) is 1.84. The average Bonchev–Trinajstić information content (AvgIpc) is 2.38. The Labute approximate surface area is 116 Å². The summed E-state index contributed by atoms with van der Waals surface area (Å²) in [5, 5.41) is 10.3. The van der Waals surface area contributed by atoms with Crippen LogP contribution >= 0.6 is 0 Å². The first-order valence-corrected chi connectivity index (χ1v) is 6.53. The van der Waals surface area contributed by atoms with Crippen molar-refractivity contribution in [2.24, 2.45) is 0 Å². The summed E-state index contributed by atoms with van der Waals surface area (Å²) < 4.78 is 1.03. The van der Waals surface area contributed by atoms with Gasteiger partial charge in [0.25, 0.3) is 0 Å². The van der Waals surface area contributed by atoms with E-state index in [1.165, 1.54) is 6.07 Å². The fourth-order valence-corrected chi connectivity index (χ4v) is 2.40. The Kier molecular flexibility index (Phi) is 2.57. The van der Waals surface area contributed by atoms with E-state index in [0.29, 0.717) is 28.0 Å². The Bertz CT molecular complexity index is 828. The average molecular weight is 268 g/mol. The highest BCUT2D eigenvalue weighted by Gasteiger charge is 2.22. The Balaban J connectivity index is 2.45. The van der Waals surface area contributed by atoms with Gasteiger partial charge in [-0.15, -0.1) is 0 Å². The lowest BCUT2D eigenvalue weighted by molar-refractivity contribution is 0.202. The Morgan fingerprint density at radius 2 is 1.85 bits per heavy atom. The number of aromatic nitrogens is 2. The number of rotatable bonds is 0. The Hall–Kier alpha value is -2.36. The van der Waals surface area contributed by atoms with Crippen LogP contribution in [0.25, 0.3) is 22.4 Å². The fraction of sp³-hybridized carbons (Fsp3) is 0.250. The van der Waals surface area contributed by atoms with Crippen molar-refractivity contribution in [3.63, 3.8) is 0 Å². The molecule has 4 heteroatoms. The third-order valence-corrected chi connectivity index (χ3v) is 3.46. The van der Waals surface area contributed by atoms with Crippen molar-refractivity contribution in [2.75, 3.05) is 0 Å². The fourth-order valence-electron chi connectivity index (χ4n) is 2.40. The molecule has 102 valence electrons. The lowest BCUT2D eigenvalue weighted by Gasteiger charge is -2.20. The molecular formula is C16H16N2O2. The molecular weight excluding hydrogens is 252 g/mol. The van der Waals surface area contributed by atoms with E-state index in [1.54, 1.807) is 12.1 Å². The summed E-state index contributed by atoms with van der Waals surface area (Å²) >= 11 is 0. The van der Waals surface area contributed by atoms with Gasteiger partial charge in [-0.1, -0.05) is 32.9 Å². The van der Waals surface area contributed by atoms with Crippen molar-refractivity contribution in [3.05, 3.63) is 52.2 Å². The minimum atomic E-state index is -0.251. The molecule has 0 aromatic heterocycles. The summed E-state index contributed by atoms with van der Waals surface area (Å²) in [6.07, 6.45) is 0. The van der Waals surface area contributed by atoms with Crippen LogP contribution in [0.1, 0.15) is 26.3 Å².